The van der Waals surface area contributed by atoms with E-state index in [4.69, 9.17) is 4.74 Å². The van der Waals surface area contributed by atoms with Gasteiger partial charge in [-0.3, -0.25) is 4.79 Å². The molecule has 1 aromatic rings. The Morgan fingerprint density at radius 2 is 1.87 bits per heavy atom. The third-order valence-electron chi connectivity index (χ3n) is 5.46. The van der Waals surface area contributed by atoms with E-state index in [1.165, 1.54) is 19.3 Å². The zero-order valence-corrected chi connectivity index (χ0v) is 18.2. The molecule has 0 saturated carbocycles. The zero-order valence-electron chi connectivity index (χ0n) is 17.4. The van der Waals surface area contributed by atoms with E-state index in [0.29, 0.717) is 6.54 Å². The zero-order chi connectivity index (χ0) is 22.3. The van der Waals surface area contributed by atoms with Crippen molar-refractivity contribution in [3.8, 4) is 0 Å². The molecular weight excluding hydrogens is 425 g/mol. The number of carbonyl (C=O) groups is 1. The molecule has 172 valence electrons. The summed E-state index contributed by atoms with van der Waals surface area (Å²) in [4.78, 5) is 14.5. The number of aliphatic hydroxyl groups is 1. The Morgan fingerprint density at radius 1 is 1.16 bits per heavy atom. The maximum absolute atomic E-state index is 13.1. The second kappa shape index (κ2) is 11.1. The number of likely N-dealkylation sites (tertiary alicyclic amines) is 1. The van der Waals surface area contributed by atoms with Crippen LogP contribution < -0.4 is 10.0 Å². The first-order valence-electron chi connectivity index (χ1n) is 10.6. The molecule has 1 aromatic carbocycles. The number of aliphatic hydroxyl groups excluding tert-OH is 1. The van der Waals surface area contributed by atoms with Crippen molar-refractivity contribution in [3.05, 3.63) is 42.2 Å². The Morgan fingerprint density at radius 3 is 2.55 bits per heavy atom. The molecule has 2 aliphatic heterocycles. The van der Waals surface area contributed by atoms with Crippen LogP contribution in [0.25, 0.3) is 0 Å². The molecule has 3 rings (SSSR count). The number of nitrogens with one attached hydrogen (secondary N) is 2. The fourth-order valence-corrected chi connectivity index (χ4v) is 4.98. The van der Waals surface area contributed by atoms with Crippen LogP contribution in [0.1, 0.15) is 25.7 Å². The van der Waals surface area contributed by atoms with Gasteiger partial charge in [0.15, 0.2) is 0 Å². The van der Waals surface area contributed by atoms with E-state index in [-0.39, 0.29) is 17.2 Å². The standard InChI is InChI=1S/C21H30FN3O5S/c22-16-4-7-18(8-5-16)31(28,29)24-19-9-6-17(30-20(19)15-26)14-21(27)23-10-13-25-11-2-1-3-12-25/h4-9,17,19-20,24,26H,1-3,10-15H2,(H,23,27)/t17-,19+,20-/m0/s1. The predicted molar refractivity (Wildman–Crippen MR) is 113 cm³/mol. The Bertz CT molecular complexity index is 856. The first-order chi connectivity index (χ1) is 14.9. The SMILES string of the molecule is O=C(C[C@@H]1C=C[C@@H](NS(=O)(=O)c2ccc(F)cc2)[C@H](CO)O1)NCCN1CCCCC1. The first kappa shape index (κ1) is 23.8. The highest BCUT2D eigenvalue weighted by atomic mass is 32.2. The smallest absolute Gasteiger partial charge is 0.241 e. The highest BCUT2D eigenvalue weighted by Crippen LogP contribution is 2.18. The van der Waals surface area contributed by atoms with Gasteiger partial charge in [0.25, 0.3) is 0 Å². The van der Waals surface area contributed by atoms with Crippen molar-refractivity contribution < 1.29 is 27.4 Å². The average Bonchev–Trinajstić information content (AvgIpc) is 2.75. The van der Waals surface area contributed by atoms with Crippen LogP contribution in [-0.2, 0) is 19.6 Å². The van der Waals surface area contributed by atoms with E-state index in [2.05, 4.69) is 14.9 Å². The molecular formula is C21H30FN3O5S. The lowest BCUT2D eigenvalue weighted by molar-refractivity contribution is -0.125. The van der Waals surface area contributed by atoms with E-state index in [0.717, 1.165) is 43.9 Å². The Balaban J connectivity index is 1.50. The Labute approximate surface area is 182 Å². The molecule has 31 heavy (non-hydrogen) atoms. The van der Waals surface area contributed by atoms with Crippen molar-refractivity contribution >= 4 is 15.9 Å². The van der Waals surface area contributed by atoms with Crippen LogP contribution >= 0.6 is 0 Å². The van der Waals surface area contributed by atoms with Gasteiger partial charge in [0, 0.05) is 13.1 Å². The summed E-state index contributed by atoms with van der Waals surface area (Å²) in [6, 6.07) is 3.64. The largest absolute Gasteiger partial charge is 0.394 e. The fourth-order valence-electron chi connectivity index (χ4n) is 3.76. The van der Waals surface area contributed by atoms with E-state index < -0.39 is 40.7 Å². The highest BCUT2D eigenvalue weighted by molar-refractivity contribution is 7.89. The molecule has 1 saturated heterocycles. The molecule has 3 atom stereocenters. The summed E-state index contributed by atoms with van der Waals surface area (Å²) in [7, 11) is -3.93. The summed E-state index contributed by atoms with van der Waals surface area (Å²) in [5.41, 5.74) is 0. The summed E-state index contributed by atoms with van der Waals surface area (Å²) in [6.45, 7) is 3.10. The van der Waals surface area contributed by atoms with Crippen LogP contribution in [0.2, 0.25) is 0 Å². The second-order valence-corrected chi connectivity index (χ2v) is 9.55. The number of rotatable bonds is 9. The van der Waals surface area contributed by atoms with Crippen molar-refractivity contribution in [3.63, 3.8) is 0 Å². The number of hydrogen-bond donors (Lipinski definition) is 3. The number of halogens is 1. The molecule has 2 heterocycles. The van der Waals surface area contributed by atoms with Gasteiger partial charge < -0.3 is 20.1 Å². The summed E-state index contributed by atoms with van der Waals surface area (Å²) >= 11 is 0. The van der Waals surface area contributed by atoms with Crippen molar-refractivity contribution in [2.45, 2.75) is 48.8 Å². The van der Waals surface area contributed by atoms with Crippen LogP contribution in [0.3, 0.4) is 0 Å². The van der Waals surface area contributed by atoms with Crippen LogP contribution in [0, 0.1) is 5.82 Å². The second-order valence-electron chi connectivity index (χ2n) is 7.84. The normalized spacial score (nSPS) is 24.8. The lowest BCUT2D eigenvalue weighted by Gasteiger charge is -2.31. The molecule has 10 heteroatoms. The fraction of sp³-hybridized carbons (Fsp3) is 0.571. The molecule has 2 aliphatic rings. The number of piperidine rings is 1. The van der Waals surface area contributed by atoms with E-state index >= 15 is 0 Å². The van der Waals surface area contributed by atoms with Gasteiger partial charge in [-0.2, -0.15) is 0 Å². The van der Waals surface area contributed by atoms with Crippen LogP contribution in [0.4, 0.5) is 4.39 Å². The third-order valence-corrected chi connectivity index (χ3v) is 6.94. The van der Waals surface area contributed by atoms with E-state index in [1.807, 2.05) is 0 Å². The van der Waals surface area contributed by atoms with Crippen molar-refractivity contribution in [1.82, 2.24) is 14.9 Å². The summed E-state index contributed by atoms with van der Waals surface area (Å²) in [5, 5.41) is 12.5. The number of nitrogens with zero attached hydrogens (tertiary/aromatic N) is 1. The Hall–Kier alpha value is -1.85. The molecule has 8 nitrogen and oxygen atoms in total. The van der Waals surface area contributed by atoms with Crippen LogP contribution in [-0.4, -0.2) is 75.4 Å². The molecule has 0 aromatic heterocycles. The van der Waals surface area contributed by atoms with Gasteiger partial charge in [-0.15, -0.1) is 0 Å². The number of benzene rings is 1. The minimum absolute atomic E-state index is 0.0877. The number of sulfonamides is 1. The van der Waals surface area contributed by atoms with Crippen molar-refractivity contribution in [2.75, 3.05) is 32.8 Å². The molecule has 0 spiro atoms. The van der Waals surface area contributed by atoms with Gasteiger partial charge in [0.05, 0.1) is 30.1 Å². The number of ether oxygens (including phenoxy) is 1. The van der Waals surface area contributed by atoms with Gasteiger partial charge >= 0.3 is 0 Å². The van der Waals surface area contributed by atoms with Crippen molar-refractivity contribution in [2.24, 2.45) is 0 Å². The maximum Gasteiger partial charge on any atom is 0.241 e. The highest BCUT2D eigenvalue weighted by Gasteiger charge is 2.31. The predicted octanol–water partition coefficient (Wildman–Crippen LogP) is 0.781. The Kier molecular flexibility index (Phi) is 8.56. The van der Waals surface area contributed by atoms with Gasteiger partial charge in [-0.25, -0.2) is 17.5 Å². The van der Waals surface area contributed by atoms with Gasteiger partial charge in [-0.05, 0) is 50.2 Å². The maximum atomic E-state index is 13.1. The minimum Gasteiger partial charge on any atom is -0.394 e. The lowest BCUT2D eigenvalue weighted by Crippen LogP contribution is -2.49. The summed E-state index contributed by atoms with van der Waals surface area (Å²) < 4.78 is 46.2. The number of carbonyl (C=O) groups excluding carboxylic acids is 1. The molecule has 0 unspecified atom stereocenters. The van der Waals surface area contributed by atoms with Gasteiger partial charge in [0.1, 0.15) is 11.9 Å². The molecule has 3 N–H and O–H groups in total. The topological polar surface area (TPSA) is 108 Å². The average molecular weight is 456 g/mol. The van der Waals surface area contributed by atoms with E-state index in [9.17, 15) is 22.7 Å². The summed E-state index contributed by atoms with van der Waals surface area (Å²) in [6.07, 6.45) is 5.55. The molecule has 0 aliphatic carbocycles. The van der Waals surface area contributed by atoms with Crippen LogP contribution in [0.5, 0.6) is 0 Å². The lowest BCUT2D eigenvalue weighted by atomic mass is 10.1. The summed E-state index contributed by atoms with van der Waals surface area (Å²) in [5.74, 6) is -0.696. The molecule has 1 fully saturated rings. The molecule has 1 amide bonds. The first-order valence-corrected chi connectivity index (χ1v) is 12.1. The number of amides is 1. The quantitative estimate of drug-likeness (QED) is 0.475. The van der Waals surface area contributed by atoms with Gasteiger partial charge in [-0.1, -0.05) is 18.6 Å². The minimum atomic E-state index is -3.93. The van der Waals surface area contributed by atoms with Crippen LogP contribution in [0.15, 0.2) is 41.3 Å². The molecule has 0 radical (unpaired) electrons. The molecule has 0 bridgehead atoms. The van der Waals surface area contributed by atoms with Gasteiger partial charge in [0.2, 0.25) is 15.9 Å². The van der Waals surface area contributed by atoms with E-state index in [1.54, 1.807) is 12.2 Å². The monoisotopic (exact) mass is 455 g/mol. The number of hydrogen-bond acceptors (Lipinski definition) is 6. The third kappa shape index (κ3) is 7.08. The van der Waals surface area contributed by atoms with Crippen molar-refractivity contribution in [1.29, 1.82) is 0 Å².